The Morgan fingerprint density at radius 3 is 2.53 bits per heavy atom. The van der Waals surface area contributed by atoms with Crippen LogP contribution in [0.15, 0.2) is 54.6 Å². The fraction of sp³-hybridized carbons (Fsp3) is 0.400. The van der Waals surface area contributed by atoms with Gasteiger partial charge in [-0.05, 0) is 37.6 Å². The second-order valence-electron chi connectivity index (χ2n) is 7.82. The Morgan fingerprint density at radius 2 is 1.84 bits per heavy atom. The van der Waals surface area contributed by atoms with Gasteiger partial charge in [-0.2, -0.15) is 5.10 Å². The summed E-state index contributed by atoms with van der Waals surface area (Å²) in [4.78, 5) is 2.18. The molecule has 0 radical (unpaired) electrons. The first-order valence-electron chi connectivity index (χ1n) is 11.0. The number of hydrogen-bond acceptors (Lipinski definition) is 5. The minimum absolute atomic E-state index is 0.394. The summed E-state index contributed by atoms with van der Waals surface area (Å²) >= 11 is 6.39. The predicted octanol–water partition coefficient (Wildman–Crippen LogP) is 5.24. The van der Waals surface area contributed by atoms with Gasteiger partial charge >= 0.3 is 0 Å². The first-order chi connectivity index (χ1) is 15.5. The third-order valence-electron chi connectivity index (χ3n) is 5.27. The van der Waals surface area contributed by atoms with Crippen LogP contribution in [0.1, 0.15) is 31.0 Å². The molecule has 6 nitrogen and oxygen atoms in total. The monoisotopic (exact) mass is 457 g/mol. The Labute approximate surface area is 195 Å². The van der Waals surface area contributed by atoms with Crippen LogP contribution in [0.5, 0.6) is 11.6 Å². The summed E-state index contributed by atoms with van der Waals surface area (Å²) in [5, 5.41) is 15.8. The van der Waals surface area contributed by atoms with Crippen LogP contribution in [-0.4, -0.2) is 52.7 Å². The molecule has 0 saturated heterocycles. The molecule has 172 valence electrons. The molecule has 0 saturated carbocycles. The summed E-state index contributed by atoms with van der Waals surface area (Å²) in [6.07, 6.45) is 1.30. The van der Waals surface area contributed by atoms with Gasteiger partial charge in [0, 0.05) is 26.7 Å². The van der Waals surface area contributed by atoms with E-state index in [1.54, 1.807) is 13.2 Å². The van der Waals surface area contributed by atoms with E-state index in [4.69, 9.17) is 26.2 Å². The summed E-state index contributed by atoms with van der Waals surface area (Å²) in [6.45, 7) is 6.45. The zero-order valence-electron chi connectivity index (χ0n) is 19.0. The zero-order valence-corrected chi connectivity index (χ0v) is 19.8. The van der Waals surface area contributed by atoms with E-state index in [-0.39, 0.29) is 0 Å². The number of nitrogens with zero attached hydrogens (tertiary/aromatic N) is 3. The predicted molar refractivity (Wildman–Crippen MR) is 128 cm³/mol. The molecule has 2 aromatic carbocycles. The fourth-order valence-corrected chi connectivity index (χ4v) is 3.78. The molecule has 3 rings (SSSR count). The average molecular weight is 458 g/mol. The number of ether oxygens (including phenoxy) is 2. The number of halogens is 1. The second-order valence-corrected chi connectivity index (χ2v) is 8.23. The molecular weight excluding hydrogens is 426 g/mol. The van der Waals surface area contributed by atoms with Gasteiger partial charge < -0.3 is 14.6 Å². The van der Waals surface area contributed by atoms with Gasteiger partial charge in [-0.1, -0.05) is 55.3 Å². The van der Waals surface area contributed by atoms with Gasteiger partial charge in [0.15, 0.2) is 0 Å². The van der Waals surface area contributed by atoms with E-state index < -0.39 is 6.10 Å². The Kier molecular flexibility index (Phi) is 9.11. The number of para-hydroxylation sites is 2. The largest absolute Gasteiger partial charge is 0.437 e. The third kappa shape index (κ3) is 6.33. The first kappa shape index (κ1) is 24.3. The number of benzene rings is 2. The maximum Gasteiger partial charge on any atom is 0.227 e. The molecule has 0 unspecified atom stereocenters. The van der Waals surface area contributed by atoms with E-state index in [1.165, 1.54) is 0 Å². The summed E-state index contributed by atoms with van der Waals surface area (Å²) in [6, 6.07) is 17.3. The zero-order chi connectivity index (χ0) is 22.9. The van der Waals surface area contributed by atoms with E-state index in [1.807, 2.05) is 60.1 Å². The van der Waals surface area contributed by atoms with Crippen LogP contribution < -0.4 is 4.74 Å². The lowest BCUT2D eigenvalue weighted by molar-refractivity contribution is 0.0795. The summed E-state index contributed by atoms with van der Waals surface area (Å²) < 4.78 is 13.5. The van der Waals surface area contributed by atoms with E-state index in [0.717, 1.165) is 29.8 Å². The van der Waals surface area contributed by atoms with E-state index >= 15 is 0 Å². The Balaban J connectivity index is 1.99. The van der Waals surface area contributed by atoms with Gasteiger partial charge in [0.05, 0.1) is 34.7 Å². The van der Waals surface area contributed by atoms with Gasteiger partial charge in [-0.15, -0.1) is 0 Å². The third-order valence-corrected chi connectivity index (χ3v) is 5.58. The normalized spacial score (nSPS) is 12.3. The van der Waals surface area contributed by atoms with Crippen molar-refractivity contribution in [2.45, 2.75) is 39.3 Å². The molecule has 0 spiro atoms. The quantitative estimate of drug-likeness (QED) is 0.403. The molecule has 7 heteroatoms. The topological polar surface area (TPSA) is 59.8 Å². The number of aryl methyl sites for hydroxylation is 1. The van der Waals surface area contributed by atoms with Crippen LogP contribution in [0.2, 0.25) is 5.02 Å². The number of hydrogen-bond donors (Lipinski definition) is 1. The molecular formula is C25H32ClN3O3. The number of aliphatic hydroxyl groups is 1. The highest BCUT2D eigenvalue weighted by Crippen LogP contribution is 2.34. The molecule has 32 heavy (non-hydrogen) atoms. The van der Waals surface area contributed by atoms with Crippen LogP contribution in [0.25, 0.3) is 5.69 Å². The van der Waals surface area contributed by atoms with Crippen molar-refractivity contribution in [1.29, 1.82) is 0 Å². The number of rotatable bonds is 12. The fourth-order valence-electron chi connectivity index (χ4n) is 3.60. The molecule has 1 aromatic heterocycles. The molecule has 1 atom stereocenters. The lowest BCUT2D eigenvalue weighted by Crippen LogP contribution is -2.34. The number of aromatic nitrogens is 2. The number of methoxy groups -OCH3 is 1. The molecule has 0 amide bonds. The molecule has 0 bridgehead atoms. The van der Waals surface area contributed by atoms with Gasteiger partial charge in [0.1, 0.15) is 5.75 Å². The molecule has 0 fully saturated rings. The molecule has 0 aliphatic heterocycles. The standard InChI is InChI=1S/C25H32ClN3O3/c1-4-10-21(30)17-28(15-16-31-3)18-22-19(2)27-29(20-11-6-5-7-12-20)25(22)32-24-14-9-8-13-23(24)26/h5-9,11-14,21,30H,4,10,15-18H2,1-3H3/t21-/m0/s1. The molecule has 3 aromatic rings. The molecule has 0 aliphatic rings. The van der Waals surface area contributed by atoms with Crippen LogP contribution in [-0.2, 0) is 11.3 Å². The second kappa shape index (κ2) is 12.0. The van der Waals surface area contributed by atoms with E-state index in [0.29, 0.717) is 42.9 Å². The Morgan fingerprint density at radius 1 is 1.12 bits per heavy atom. The summed E-state index contributed by atoms with van der Waals surface area (Å²) in [5.41, 5.74) is 2.72. The number of aliphatic hydroxyl groups excluding tert-OH is 1. The SMILES string of the molecule is CCC[C@H](O)CN(CCOC)Cc1c(C)nn(-c2ccccc2)c1Oc1ccccc1Cl. The van der Waals surface area contributed by atoms with Crippen LogP contribution in [0, 0.1) is 6.92 Å². The van der Waals surface area contributed by atoms with Crippen LogP contribution in [0.4, 0.5) is 0 Å². The first-order valence-corrected chi connectivity index (χ1v) is 11.4. The Hall–Kier alpha value is -2.38. The average Bonchev–Trinajstić information content (AvgIpc) is 3.09. The van der Waals surface area contributed by atoms with Crippen molar-refractivity contribution in [2.75, 3.05) is 26.8 Å². The minimum Gasteiger partial charge on any atom is -0.437 e. The van der Waals surface area contributed by atoms with Crippen LogP contribution in [0.3, 0.4) is 0 Å². The van der Waals surface area contributed by atoms with Crippen LogP contribution >= 0.6 is 11.6 Å². The van der Waals surface area contributed by atoms with Crippen molar-refractivity contribution in [3.05, 3.63) is 70.9 Å². The molecule has 1 N–H and O–H groups in total. The maximum atomic E-state index is 10.4. The smallest absolute Gasteiger partial charge is 0.227 e. The summed E-state index contributed by atoms with van der Waals surface area (Å²) in [5.74, 6) is 1.19. The van der Waals surface area contributed by atoms with Gasteiger partial charge in [0.25, 0.3) is 0 Å². The Bertz CT molecular complexity index is 978. The van der Waals surface area contributed by atoms with Gasteiger partial charge in [-0.3, -0.25) is 4.90 Å². The lowest BCUT2D eigenvalue weighted by Gasteiger charge is -2.25. The van der Waals surface area contributed by atoms with Crippen molar-refractivity contribution in [2.24, 2.45) is 0 Å². The van der Waals surface area contributed by atoms with Crippen molar-refractivity contribution in [3.8, 4) is 17.3 Å². The molecule has 0 aliphatic carbocycles. The minimum atomic E-state index is -0.394. The van der Waals surface area contributed by atoms with Crippen molar-refractivity contribution in [3.63, 3.8) is 0 Å². The van der Waals surface area contributed by atoms with Crippen molar-refractivity contribution >= 4 is 11.6 Å². The summed E-state index contributed by atoms with van der Waals surface area (Å²) in [7, 11) is 1.69. The maximum absolute atomic E-state index is 10.4. The molecule has 1 heterocycles. The highest BCUT2D eigenvalue weighted by molar-refractivity contribution is 6.32. The van der Waals surface area contributed by atoms with E-state index in [9.17, 15) is 5.11 Å². The lowest BCUT2D eigenvalue weighted by atomic mass is 10.1. The van der Waals surface area contributed by atoms with Crippen molar-refractivity contribution in [1.82, 2.24) is 14.7 Å². The highest BCUT2D eigenvalue weighted by Gasteiger charge is 2.23. The van der Waals surface area contributed by atoms with Gasteiger partial charge in [0.2, 0.25) is 5.88 Å². The van der Waals surface area contributed by atoms with Gasteiger partial charge in [-0.25, -0.2) is 4.68 Å². The van der Waals surface area contributed by atoms with Crippen molar-refractivity contribution < 1.29 is 14.6 Å². The highest BCUT2D eigenvalue weighted by atomic mass is 35.5. The van der Waals surface area contributed by atoms with E-state index in [2.05, 4.69) is 11.8 Å².